The summed E-state index contributed by atoms with van der Waals surface area (Å²) in [4.78, 5) is 18.8. The average molecular weight is 408 g/mol. The van der Waals surface area contributed by atoms with E-state index in [1.165, 1.54) is 17.7 Å². The number of anilines is 1. The van der Waals surface area contributed by atoms with E-state index in [2.05, 4.69) is 38.2 Å². The topological polar surface area (TPSA) is 81.8 Å². The van der Waals surface area contributed by atoms with Gasteiger partial charge in [-0.3, -0.25) is 14.3 Å². The molecule has 8 heteroatoms. The van der Waals surface area contributed by atoms with Gasteiger partial charge in [-0.05, 0) is 44.0 Å². The molecule has 0 unspecified atom stereocenters. The number of fused-ring (bicyclic) bond motifs is 2. The molecule has 158 valence electrons. The Bertz CT molecular complexity index is 1030. The third-order valence-corrected chi connectivity index (χ3v) is 6.34. The highest BCUT2D eigenvalue weighted by molar-refractivity contribution is 5.51. The third-order valence-electron chi connectivity index (χ3n) is 6.34. The van der Waals surface area contributed by atoms with Crippen LogP contribution < -0.4 is 10.2 Å². The van der Waals surface area contributed by atoms with E-state index in [1.807, 2.05) is 28.9 Å². The minimum atomic E-state index is -0.0609. The predicted octanol–water partition coefficient (Wildman–Crippen LogP) is 1.54. The first-order valence-electron chi connectivity index (χ1n) is 10.8. The van der Waals surface area contributed by atoms with E-state index < -0.39 is 0 Å². The molecule has 4 heterocycles. The van der Waals surface area contributed by atoms with Crippen molar-refractivity contribution in [1.82, 2.24) is 29.6 Å². The van der Waals surface area contributed by atoms with Crippen molar-refractivity contribution in [2.24, 2.45) is 0 Å². The van der Waals surface area contributed by atoms with Gasteiger partial charge in [-0.15, -0.1) is 0 Å². The SMILES string of the molecule is CN(Cc1nc2ccnc(N3CCNCC3)n2c1CO)[C@H]1CCCc2cccnc21. The summed E-state index contributed by atoms with van der Waals surface area (Å²) in [6.07, 6.45) is 7.07. The molecule has 1 atom stereocenters. The smallest absolute Gasteiger partial charge is 0.211 e. The lowest BCUT2D eigenvalue weighted by Crippen LogP contribution is -2.44. The van der Waals surface area contributed by atoms with Crippen LogP contribution in [0.5, 0.6) is 0 Å². The Kier molecular flexibility index (Phi) is 5.37. The Balaban J connectivity index is 1.48. The highest BCUT2D eigenvalue weighted by Crippen LogP contribution is 2.33. The Morgan fingerprint density at radius 3 is 2.90 bits per heavy atom. The van der Waals surface area contributed by atoms with Crippen LogP contribution >= 0.6 is 0 Å². The fourth-order valence-electron chi connectivity index (χ4n) is 4.82. The highest BCUT2D eigenvalue weighted by Gasteiger charge is 2.27. The molecular weight excluding hydrogens is 378 g/mol. The zero-order valence-electron chi connectivity index (χ0n) is 17.5. The van der Waals surface area contributed by atoms with Crippen LogP contribution in [-0.4, -0.2) is 62.6 Å². The normalized spacial score (nSPS) is 19.4. The van der Waals surface area contributed by atoms with Crippen molar-refractivity contribution in [3.63, 3.8) is 0 Å². The van der Waals surface area contributed by atoms with Crippen LogP contribution in [0.2, 0.25) is 0 Å². The first-order valence-corrected chi connectivity index (χ1v) is 10.8. The zero-order chi connectivity index (χ0) is 20.5. The van der Waals surface area contributed by atoms with Gasteiger partial charge in [0.15, 0.2) is 0 Å². The van der Waals surface area contributed by atoms with Crippen LogP contribution in [0.4, 0.5) is 5.95 Å². The van der Waals surface area contributed by atoms with Crippen LogP contribution in [0.25, 0.3) is 5.65 Å². The summed E-state index contributed by atoms with van der Waals surface area (Å²) in [5.74, 6) is 0.865. The Hall–Kier alpha value is -2.55. The number of piperazine rings is 1. The number of hydrogen-bond acceptors (Lipinski definition) is 7. The molecule has 0 radical (unpaired) electrons. The molecule has 30 heavy (non-hydrogen) atoms. The van der Waals surface area contributed by atoms with Gasteiger partial charge in [-0.2, -0.15) is 0 Å². The molecule has 1 aliphatic heterocycles. The van der Waals surface area contributed by atoms with E-state index in [-0.39, 0.29) is 12.6 Å². The lowest BCUT2D eigenvalue weighted by atomic mass is 9.91. The first kappa shape index (κ1) is 19.4. The summed E-state index contributed by atoms with van der Waals surface area (Å²) in [5, 5.41) is 13.6. The van der Waals surface area contributed by atoms with Gasteiger partial charge in [-0.1, -0.05) is 6.07 Å². The number of pyridine rings is 1. The molecule has 8 nitrogen and oxygen atoms in total. The molecule has 3 aromatic heterocycles. The van der Waals surface area contributed by atoms with Crippen molar-refractivity contribution in [1.29, 1.82) is 0 Å². The van der Waals surface area contributed by atoms with Gasteiger partial charge in [0.2, 0.25) is 5.95 Å². The maximum atomic E-state index is 10.3. The molecule has 0 bridgehead atoms. The van der Waals surface area contributed by atoms with Gasteiger partial charge >= 0.3 is 0 Å². The molecule has 1 saturated heterocycles. The minimum absolute atomic E-state index is 0.0609. The van der Waals surface area contributed by atoms with Crippen molar-refractivity contribution >= 4 is 11.6 Å². The van der Waals surface area contributed by atoms with Gasteiger partial charge in [0.25, 0.3) is 0 Å². The summed E-state index contributed by atoms with van der Waals surface area (Å²) < 4.78 is 2.03. The fourth-order valence-corrected chi connectivity index (χ4v) is 4.82. The van der Waals surface area contributed by atoms with Crippen LogP contribution in [0.1, 0.15) is 41.5 Å². The number of nitrogens with one attached hydrogen (secondary N) is 1. The highest BCUT2D eigenvalue weighted by atomic mass is 16.3. The van der Waals surface area contributed by atoms with Crippen molar-refractivity contribution < 1.29 is 5.11 Å². The summed E-state index contributed by atoms with van der Waals surface area (Å²) in [6, 6.07) is 6.42. The molecule has 5 rings (SSSR count). The molecule has 3 aromatic rings. The summed E-state index contributed by atoms with van der Waals surface area (Å²) >= 11 is 0. The van der Waals surface area contributed by atoms with Gasteiger partial charge in [0, 0.05) is 45.1 Å². The summed E-state index contributed by atoms with van der Waals surface area (Å²) in [6.45, 7) is 4.27. The quantitative estimate of drug-likeness (QED) is 0.664. The summed E-state index contributed by atoms with van der Waals surface area (Å²) in [7, 11) is 2.13. The molecule has 0 aromatic carbocycles. The molecule has 0 spiro atoms. The van der Waals surface area contributed by atoms with Crippen LogP contribution in [-0.2, 0) is 19.6 Å². The molecule has 1 fully saturated rings. The van der Waals surface area contributed by atoms with E-state index in [4.69, 9.17) is 4.98 Å². The van der Waals surface area contributed by atoms with Gasteiger partial charge in [0.05, 0.1) is 29.7 Å². The van der Waals surface area contributed by atoms with E-state index in [0.717, 1.165) is 62.0 Å². The monoisotopic (exact) mass is 407 g/mol. The number of aliphatic hydroxyl groups excluding tert-OH is 1. The predicted molar refractivity (Wildman–Crippen MR) is 115 cm³/mol. The molecule has 1 aliphatic carbocycles. The Morgan fingerprint density at radius 2 is 2.07 bits per heavy atom. The average Bonchev–Trinajstić information content (AvgIpc) is 3.16. The maximum Gasteiger partial charge on any atom is 0.211 e. The first-order chi connectivity index (χ1) is 14.8. The van der Waals surface area contributed by atoms with Gasteiger partial charge < -0.3 is 15.3 Å². The largest absolute Gasteiger partial charge is 0.390 e. The van der Waals surface area contributed by atoms with Gasteiger partial charge in [-0.25, -0.2) is 9.97 Å². The van der Waals surface area contributed by atoms with Crippen molar-refractivity contribution in [2.75, 3.05) is 38.1 Å². The van der Waals surface area contributed by atoms with Gasteiger partial charge in [0.1, 0.15) is 5.65 Å². The van der Waals surface area contributed by atoms with Crippen LogP contribution in [0.15, 0.2) is 30.6 Å². The van der Waals surface area contributed by atoms with E-state index in [1.54, 1.807) is 0 Å². The van der Waals surface area contributed by atoms with E-state index >= 15 is 0 Å². The molecule has 2 aliphatic rings. The Labute approximate surface area is 176 Å². The van der Waals surface area contributed by atoms with Crippen molar-refractivity contribution in [3.8, 4) is 0 Å². The fraction of sp³-hybridized carbons (Fsp3) is 0.500. The van der Waals surface area contributed by atoms with Crippen molar-refractivity contribution in [2.45, 2.75) is 38.5 Å². The summed E-state index contributed by atoms with van der Waals surface area (Å²) in [5.41, 5.74) is 5.11. The molecule has 0 amide bonds. The standard InChI is InChI=1S/C22H29N7O/c1-27(18-6-2-4-16-5-3-8-24-21(16)18)14-17-19(15-30)29-20(26-17)7-9-25-22(29)28-12-10-23-11-13-28/h3,5,7-9,18,23,30H,2,4,6,10-15H2,1H3/t18-/m0/s1. The minimum Gasteiger partial charge on any atom is -0.390 e. The van der Waals surface area contributed by atoms with E-state index in [9.17, 15) is 5.11 Å². The zero-order valence-corrected chi connectivity index (χ0v) is 17.5. The van der Waals surface area contributed by atoms with Crippen LogP contribution in [0, 0.1) is 0 Å². The van der Waals surface area contributed by atoms with Crippen molar-refractivity contribution in [3.05, 3.63) is 53.2 Å². The number of rotatable bonds is 5. The molecular formula is C22H29N7O. The number of aliphatic hydroxyl groups is 1. The number of aromatic nitrogens is 4. The Morgan fingerprint density at radius 1 is 1.20 bits per heavy atom. The number of nitrogens with zero attached hydrogens (tertiary/aromatic N) is 6. The van der Waals surface area contributed by atoms with E-state index in [0.29, 0.717) is 6.54 Å². The lowest BCUT2D eigenvalue weighted by molar-refractivity contribution is 0.203. The number of imidazole rings is 1. The maximum absolute atomic E-state index is 10.3. The van der Waals surface area contributed by atoms with Crippen LogP contribution in [0.3, 0.4) is 0 Å². The second kappa shape index (κ2) is 8.29. The molecule has 0 saturated carbocycles. The second-order valence-corrected chi connectivity index (χ2v) is 8.21. The lowest BCUT2D eigenvalue weighted by Gasteiger charge is -2.32. The number of hydrogen-bond donors (Lipinski definition) is 2. The third kappa shape index (κ3) is 3.45. The molecule has 2 N–H and O–H groups in total. The second-order valence-electron chi connectivity index (χ2n) is 8.21. The number of aryl methyl sites for hydroxylation is 1.